The number of rotatable bonds is 5. The van der Waals surface area contributed by atoms with Crippen LogP contribution in [-0.2, 0) is 11.2 Å². The van der Waals surface area contributed by atoms with Crippen LogP contribution in [0.4, 0.5) is 0 Å². The Morgan fingerprint density at radius 2 is 2.25 bits per heavy atom. The summed E-state index contributed by atoms with van der Waals surface area (Å²) < 4.78 is 0. The molecule has 1 saturated carbocycles. The number of amides is 1. The van der Waals surface area contributed by atoms with E-state index in [0.717, 1.165) is 24.9 Å². The van der Waals surface area contributed by atoms with Gasteiger partial charge in [-0.1, -0.05) is 18.9 Å². The molecule has 2 rings (SSSR count). The molecule has 0 saturated heterocycles. The Bertz CT molecular complexity index is 421. The molecule has 0 radical (unpaired) electrons. The molecule has 2 atom stereocenters. The van der Waals surface area contributed by atoms with Crippen LogP contribution in [0.15, 0.2) is 24.5 Å². The Balaban J connectivity index is 2.04. The minimum atomic E-state index is 0.200. The topological polar surface area (TPSA) is 59.2 Å². The van der Waals surface area contributed by atoms with Crippen molar-refractivity contribution < 1.29 is 4.79 Å². The van der Waals surface area contributed by atoms with Crippen LogP contribution in [0, 0.1) is 5.92 Å². The molecule has 4 nitrogen and oxygen atoms in total. The molecule has 2 N–H and O–H groups in total. The van der Waals surface area contributed by atoms with Crippen molar-refractivity contribution in [2.45, 2.75) is 45.1 Å². The van der Waals surface area contributed by atoms with Crippen LogP contribution in [0.1, 0.15) is 38.2 Å². The maximum absolute atomic E-state index is 12.6. The predicted molar refractivity (Wildman–Crippen MR) is 80.1 cm³/mol. The molecule has 20 heavy (non-hydrogen) atoms. The number of nitrogens with zero attached hydrogens (tertiary/aromatic N) is 2. The summed E-state index contributed by atoms with van der Waals surface area (Å²) >= 11 is 0. The first-order chi connectivity index (χ1) is 9.76. The number of hydrogen-bond acceptors (Lipinski definition) is 3. The van der Waals surface area contributed by atoms with E-state index in [2.05, 4.69) is 11.9 Å². The molecule has 2 unspecified atom stereocenters. The third-order valence-electron chi connectivity index (χ3n) is 4.31. The van der Waals surface area contributed by atoms with Gasteiger partial charge in [-0.25, -0.2) is 0 Å². The van der Waals surface area contributed by atoms with E-state index in [1.807, 2.05) is 17.0 Å². The second-order valence-electron chi connectivity index (χ2n) is 5.57. The lowest BCUT2D eigenvalue weighted by molar-refractivity contribution is -0.134. The van der Waals surface area contributed by atoms with E-state index in [-0.39, 0.29) is 5.91 Å². The van der Waals surface area contributed by atoms with Crippen molar-refractivity contribution in [3.63, 3.8) is 0 Å². The van der Waals surface area contributed by atoms with Gasteiger partial charge in [-0.15, -0.1) is 0 Å². The van der Waals surface area contributed by atoms with E-state index in [1.54, 1.807) is 12.4 Å². The Labute approximate surface area is 121 Å². The molecular weight excluding hydrogens is 250 g/mol. The average Bonchev–Trinajstić information content (AvgIpc) is 2.49. The maximum atomic E-state index is 12.6. The van der Waals surface area contributed by atoms with Crippen LogP contribution < -0.4 is 5.73 Å². The van der Waals surface area contributed by atoms with E-state index in [9.17, 15) is 4.79 Å². The second-order valence-corrected chi connectivity index (χ2v) is 5.57. The summed E-state index contributed by atoms with van der Waals surface area (Å²) in [6.07, 6.45) is 8.64. The van der Waals surface area contributed by atoms with Crippen molar-refractivity contribution in [3.05, 3.63) is 30.1 Å². The van der Waals surface area contributed by atoms with E-state index in [1.165, 1.54) is 12.8 Å². The largest absolute Gasteiger partial charge is 0.339 e. The molecule has 0 spiro atoms. The molecule has 0 bridgehead atoms. The van der Waals surface area contributed by atoms with Gasteiger partial charge >= 0.3 is 0 Å². The van der Waals surface area contributed by atoms with Gasteiger partial charge in [0, 0.05) is 25.0 Å². The number of aromatic nitrogens is 1. The van der Waals surface area contributed by atoms with Crippen LogP contribution >= 0.6 is 0 Å². The molecule has 1 aliphatic rings. The molecule has 1 fully saturated rings. The van der Waals surface area contributed by atoms with Gasteiger partial charge in [0.2, 0.25) is 5.91 Å². The fourth-order valence-corrected chi connectivity index (χ4v) is 3.25. The number of carbonyl (C=O) groups is 1. The summed E-state index contributed by atoms with van der Waals surface area (Å²) in [5.74, 6) is 0.660. The van der Waals surface area contributed by atoms with Crippen LogP contribution in [-0.4, -0.2) is 34.9 Å². The Morgan fingerprint density at radius 3 is 2.90 bits per heavy atom. The van der Waals surface area contributed by atoms with Gasteiger partial charge in [-0.05, 0) is 43.9 Å². The number of likely N-dealkylation sites (N-methyl/N-ethyl adjacent to an activating group) is 1. The van der Waals surface area contributed by atoms with Crippen molar-refractivity contribution in [2.24, 2.45) is 11.7 Å². The molecule has 1 heterocycles. The molecule has 1 aliphatic carbocycles. The smallest absolute Gasteiger partial charge is 0.227 e. The van der Waals surface area contributed by atoms with Crippen LogP contribution in [0.25, 0.3) is 0 Å². The number of carbonyl (C=O) groups excluding carboxylic acids is 1. The molecular formula is C16H25N3O. The monoisotopic (exact) mass is 275 g/mol. The highest BCUT2D eigenvalue weighted by Crippen LogP contribution is 2.28. The minimum Gasteiger partial charge on any atom is -0.339 e. The Morgan fingerprint density at radius 1 is 1.45 bits per heavy atom. The van der Waals surface area contributed by atoms with Gasteiger partial charge < -0.3 is 10.6 Å². The first-order valence-electron chi connectivity index (χ1n) is 7.64. The molecule has 0 aromatic carbocycles. The lowest BCUT2D eigenvalue weighted by atomic mass is 9.83. The molecule has 1 aromatic rings. The van der Waals surface area contributed by atoms with Crippen molar-refractivity contribution in [3.8, 4) is 0 Å². The zero-order valence-electron chi connectivity index (χ0n) is 12.3. The van der Waals surface area contributed by atoms with Gasteiger partial charge in [-0.3, -0.25) is 9.78 Å². The lowest BCUT2D eigenvalue weighted by Gasteiger charge is -2.39. The maximum Gasteiger partial charge on any atom is 0.227 e. The van der Waals surface area contributed by atoms with Gasteiger partial charge in [0.1, 0.15) is 0 Å². The summed E-state index contributed by atoms with van der Waals surface area (Å²) in [6, 6.07) is 4.16. The molecule has 1 aromatic heterocycles. The highest BCUT2D eigenvalue weighted by atomic mass is 16.2. The highest BCUT2D eigenvalue weighted by molar-refractivity contribution is 5.79. The van der Waals surface area contributed by atoms with Crippen LogP contribution in [0.5, 0.6) is 0 Å². The normalized spacial score (nSPS) is 22.5. The van der Waals surface area contributed by atoms with E-state index in [4.69, 9.17) is 5.73 Å². The second kappa shape index (κ2) is 7.39. The summed E-state index contributed by atoms with van der Waals surface area (Å²) in [6.45, 7) is 3.50. The number of hydrogen-bond donors (Lipinski definition) is 1. The van der Waals surface area contributed by atoms with Gasteiger partial charge in [0.15, 0.2) is 0 Å². The summed E-state index contributed by atoms with van der Waals surface area (Å²) in [5.41, 5.74) is 6.87. The van der Waals surface area contributed by atoms with Crippen molar-refractivity contribution >= 4 is 5.91 Å². The lowest BCUT2D eigenvalue weighted by Crippen LogP contribution is -2.48. The Hall–Kier alpha value is -1.42. The number of pyridine rings is 1. The fourth-order valence-electron chi connectivity index (χ4n) is 3.25. The minimum absolute atomic E-state index is 0.200. The van der Waals surface area contributed by atoms with Gasteiger partial charge in [0.25, 0.3) is 0 Å². The third-order valence-corrected chi connectivity index (χ3v) is 4.31. The van der Waals surface area contributed by atoms with Crippen molar-refractivity contribution in [1.82, 2.24) is 9.88 Å². The first-order valence-corrected chi connectivity index (χ1v) is 7.64. The summed E-state index contributed by atoms with van der Waals surface area (Å²) in [5, 5.41) is 0. The predicted octanol–water partition coefficient (Wildman–Crippen LogP) is 1.99. The zero-order chi connectivity index (χ0) is 14.4. The molecule has 0 aliphatic heterocycles. The zero-order valence-corrected chi connectivity index (χ0v) is 12.3. The van der Waals surface area contributed by atoms with Gasteiger partial charge in [0.05, 0.1) is 6.42 Å². The molecule has 110 valence electrons. The third kappa shape index (κ3) is 3.57. The van der Waals surface area contributed by atoms with E-state index in [0.29, 0.717) is 24.9 Å². The SMILES string of the molecule is CCN(C(=O)Cc1cccnc1)C1CCCCC1CN. The van der Waals surface area contributed by atoms with E-state index >= 15 is 0 Å². The molecule has 1 amide bonds. The van der Waals surface area contributed by atoms with Gasteiger partial charge in [-0.2, -0.15) is 0 Å². The van der Waals surface area contributed by atoms with Crippen LogP contribution in [0.3, 0.4) is 0 Å². The summed E-state index contributed by atoms with van der Waals surface area (Å²) in [7, 11) is 0. The molecule has 4 heteroatoms. The van der Waals surface area contributed by atoms with E-state index < -0.39 is 0 Å². The fraction of sp³-hybridized carbons (Fsp3) is 0.625. The standard InChI is InChI=1S/C16H25N3O/c1-2-19(15-8-4-3-7-14(15)11-17)16(20)10-13-6-5-9-18-12-13/h5-6,9,12,14-15H,2-4,7-8,10-11,17H2,1H3. The van der Waals surface area contributed by atoms with Crippen molar-refractivity contribution in [2.75, 3.05) is 13.1 Å². The first kappa shape index (κ1) is 15.0. The highest BCUT2D eigenvalue weighted by Gasteiger charge is 2.31. The quantitative estimate of drug-likeness (QED) is 0.894. The number of nitrogens with two attached hydrogens (primary N) is 1. The van der Waals surface area contributed by atoms with Crippen molar-refractivity contribution in [1.29, 1.82) is 0 Å². The summed E-state index contributed by atoms with van der Waals surface area (Å²) in [4.78, 5) is 18.7. The van der Waals surface area contributed by atoms with Crippen LogP contribution in [0.2, 0.25) is 0 Å². The Kier molecular flexibility index (Phi) is 5.53. The average molecular weight is 275 g/mol.